The molecule has 0 radical (unpaired) electrons. The number of aliphatic hydroxyl groups excluding tert-OH is 1. The molecule has 1 aliphatic heterocycles. The molecule has 0 aliphatic carbocycles. The van der Waals surface area contributed by atoms with Crippen LogP contribution in [0.15, 0.2) is 16.5 Å². The predicted octanol–water partition coefficient (Wildman–Crippen LogP) is 0.261. The van der Waals surface area contributed by atoms with E-state index in [9.17, 15) is 0 Å². The van der Waals surface area contributed by atoms with Crippen molar-refractivity contribution in [1.82, 2.24) is 9.80 Å². The molecule has 0 unspecified atom stereocenters. The molecule has 0 saturated carbocycles. The number of furan rings is 1. The lowest BCUT2D eigenvalue weighted by molar-refractivity contribution is 0.104. The van der Waals surface area contributed by atoms with E-state index in [4.69, 9.17) is 14.8 Å². The van der Waals surface area contributed by atoms with Gasteiger partial charge in [0, 0.05) is 32.7 Å². The first-order chi connectivity index (χ1) is 8.31. The van der Waals surface area contributed by atoms with Crippen LogP contribution >= 0.6 is 0 Å². The van der Waals surface area contributed by atoms with Gasteiger partial charge in [0.1, 0.15) is 11.8 Å². The fraction of sp³-hybridized carbons (Fsp3) is 0.583. The third kappa shape index (κ3) is 3.30. The second kappa shape index (κ2) is 5.82. The lowest BCUT2D eigenvalue weighted by Gasteiger charge is -2.33. The van der Waals surface area contributed by atoms with Gasteiger partial charge in [0.25, 0.3) is 0 Å². The monoisotopic (exact) mass is 235 g/mol. The van der Waals surface area contributed by atoms with Crippen molar-refractivity contribution in [3.8, 4) is 6.07 Å². The molecule has 2 rings (SSSR count). The molecule has 0 amide bonds. The van der Waals surface area contributed by atoms with Crippen LogP contribution in [0.1, 0.15) is 11.5 Å². The quantitative estimate of drug-likeness (QED) is 0.811. The Bertz CT molecular complexity index is 389. The van der Waals surface area contributed by atoms with E-state index in [2.05, 4.69) is 9.80 Å². The van der Waals surface area contributed by atoms with Crippen molar-refractivity contribution in [1.29, 1.82) is 5.26 Å². The molecule has 5 heteroatoms. The third-order valence-corrected chi connectivity index (χ3v) is 3.03. The van der Waals surface area contributed by atoms with Crippen molar-refractivity contribution in [3.05, 3.63) is 23.7 Å². The average Bonchev–Trinajstić information content (AvgIpc) is 2.80. The first-order valence-corrected chi connectivity index (χ1v) is 5.86. The molecule has 0 aromatic carbocycles. The molecule has 1 aliphatic rings. The number of β-amino-alcohol motifs (C(OH)–C–C–N with tert-alkyl or cyclic N) is 1. The van der Waals surface area contributed by atoms with Crippen LogP contribution in [0.5, 0.6) is 0 Å². The molecule has 5 nitrogen and oxygen atoms in total. The second-order valence-electron chi connectivity index (χ2n) is 4.22. The van der Waals surface area contributed by atoms with Gasteiger partial charge in [-0.1, -0.05) is 0 Å². The Morgan fingerprint density at radius 3 is 2.53 bits per heavy atom. The van der Waals surface area contributed by atoms with Crippen LogP contribution in [-0.2, 0) is 6.54 Å². The van der Waals surface area contributed by atoms with E-state index in [0.29, 0.717) is 5.76 Å². The molecule has 92 valence electrons. The summed E-state index contributed by atoms with van der Waals surface area (Å²) in [6, 6.07) is 5.55. The Balaban J connectivity index is 1.80. The summed E-state index contributed by atoms with van der Waals surface area (Å²) in [5.74, 6) is 1.22. The van der Waals surface area contributed by atoms with Crippen LogP contribution in [0.4, 0.5) is 0 Å². The van der Waals surface area contributed by atoms with E-state index in [0.717, 1.165) is 45.0 Å². The van der Waals surface area contributed by atoms with Crippen molar-refractivity contribution in [2.75, 3.05) is 39.3 Å². The number of hydrogen-bond donors (Lipinski definition) is 1. The highest BCUT2D eigenvalue weighted by Crippen LogP contribution is 2.11. The Morgan fingerprint density at radius 2 is 1.94 bits per heavy atom. The van der Waals surface area contributed by atoms with E-state index in [-0.39, 0.29) is 6.61 Å². The van der Waals surface area contributed by atoms with Crippen LogP contribution in [0.3, 0.4) is 0 Å². The van der Waals surface area contributed by atoms with Crippen molar-refractivity contribution in [3.63, 3.8) is 0 Å². The molecular formula is C12H17N3O2. The molecule has 0 bridgehead atoms. The van der Waals surface area contributed by atoms with Gasteiger partial charge < -0.3 is 9.52 Å². The lowest BCUT2D eigenvalue weighted by atomic mass is 10.3. The first-order valence-electron chi connectivity index (χ1n) is 5.86. The maximum Gasteiger partial charge on any atom is 0.203 e. The molecule has 1 aromatic heterocycles. The highest BCUT2D eigenvalue weighted by molar-refractivity contribution is 5.19. The van der Waals surface area contributed by atoms with Gasteiger partial charge in [0.05, 0.1) is 13.2 Å². The topological polar surface area (TPSA) is 63.6 Å². The zero-order valence-electron chi connectivity index (χ0n) is 9.80. The summed E-state index contributed by atoms with van der Waals surface area (Å²) in [6.07, 6.45) is 0. The van der Waals surface area contributed by atoms with E-state index < -0.39 is 0 Å². The minimum absolute atomic E-state index is 0.226. The summed E-state index contributed by atoms with van der Waals surface area (Å²) in [4.78, 5) is 4.55. The number of nitriles is 1. The summed E-state index contributed by atoms with van der Waals surface area (Å²) in [5, 5.41) is 17.5. The molecular weight excluding hydrogens is 218 g/mol. The Morgan fingerprint density at radius 1 is 1.24 bits per heavy atom. The molecule has 1 saturated heterocycles. The maximum atomic E-state index is 8.85. The normalized spacial score (nSPS) is 18.1. The Hall–Kier alpha value is -1.35. The van der Waals surface area contributed by atoms with Gasteiger partial charge in [-0.05, 0) is 12.1 Å². The van der Waals surface area contributed by atoms with Crippen molar-refractivity contribution < 1.29 is 9.52 Å². The summed E-state index contributed by atoms with van der Waals surface area (Å²) < 4.78 is 5.35. The van der Waals surface area contributed by atoms with Gasteiger partial charge in [-0.15, -0.1) is 0 Å². The van der Waals surface area contributed by atoms with Crippen LogP contribution in [0.25, 0.3) is 0 Å². The SMILES string of the molecule is N#Cc1ccc(CN2CCN(CCO)CC2)o1. The van der Waals surface area contributed by atoms with Crippen LogP contribution < -0.4 is 0 Å². The van der Waals surface area contributed by atoms with Gasteiger partial charge in [0.15, 0.2) is 0 Å². The molecule has 0 atom stereocenters. The minimum atomic E-state index is 0.226. The predicted molar refractivity (Wildman–Crippen MR) is 62.2 cm³/mol. The zero-order valence-corrected chi connectivity index (χ0v) is 9.80. The Labute approximate surface area is 101 Å². The second-order valence-corrected chi connectivity index (χ2v) is 4.22. The molecule has 1 fully saturated rings. The van der Waals surface area contributed by atoms with Gasteiger partial charge in [0.2, 0.25) is 5.76 Å². The third-order valence-electron chi connectivity index (χ3n) is 3.03. The fourth-order valence-electron chi connectivity index (χ4n) is 2.06. The van der Waals surface area contributed by atoms with Gasteiger partial charge in [-0.3, -0.25) is 9.80 Å². The molecule has 0 spiro atoms. The average molecular weight is 235 g/mol. The number of hydrogen-bond acceptors (Lipinski definition) is 5. The van der Waals surface area contributed by atoms with Crippen LogP contribution in [0.2, 0.25) is 0 Å². The van der Waals surface area contributed by atoms with Crippen molar-refractivity contribution in [2.24, 2.45) is 0 Å². The smallest absolute Gasteiger partial charge is 0.203 e. The Kier molecular flexibility index (Phi) is 4.15. The number of piperazine rings is 1. The lowest BCUT2D eigenvalue weighted by Crippen LogP contribution is -2.46. The minimum Gasteiger partial charge on any atom is -0.449 e. The number of nitrogens with zero attached hydrogens (tertiary/aromatic N) is 3. The van der Waals surface area contributed by atoms with E-state index in [1.807, 2.05) is 12.1 Å². The van der Waals surface area contributed by atoms with Crippen LogP contribution in [0, 0.1) is 11.3 Å². The van der Waals surface area contributed by atoms with Gasteiger partial charge >= 0.3 is 0 Å². The fourth-order valence-corrected chi connectivity index (χ4v) is 2.06. The van der Waals surface area contributed by atoms with Crippen molar-refractivity contribution in [2.45, 2.75) is 6.54 Å². The largest absolute Gasteiger partial charge is 0.449 e. The molecule has 1 N–H and O–H groups in total. The highest BCUT2D eigenvalue weighted by Gasteiger charge is 2.17. The van der Waals surface area contributed by atoms with Crippen LogP contribution in [-0.4, -0.2) is 54.2 Å². The van der Waals surface area contributed by atoms with E-state index in [1.165, 1.54) is 0 Å². The number of aliphatic hydroxyl groups is 1. The summed E-state index contributed by atoms with van der Waals surface area (Å²) in [7, 11) is 0. The summed E-state index contributed by atoms with van der Waals surface area (Å²) in [6.45, 7) is 5.65. The zero-order chi connectivity index (χ0) is 12.1. The highest BCUT2D eigenvalue weighted by atomic mass is 16.3. The van der Waals surface area contributed by atoms with Crippen molar-refractivity contribution >= 4 is 0 Å². The maximum absolute atomic E-state index is 8.85. The van der Waals surface area contributed by atoms with E-state index >= 15 is 0 Å². The first kappa shape index (κ1) is 12.1. The molecule has 1 aromatic rings. The van der Waals surface area contributed by atoms with Gasteiger partial charge in [-0.25, -0.2) is 0 Å². The van der Waals surface area contributed by atoms with Gasteiger partial charge in [-0.2, -0.15) is 5.26 Å². The molecule has 17 heavy (non-hydrogen) atoms. The molecule has 2 heterocycles. The number of rotatable bonds is 4. The van der Waals surface area contributed by atoms with E-state index in [1.54, 1.807) is 6.07 Å². The summed E-state index contributed by atoms with van der Waals surface area (Å²) >= 11 is 0. The summed E-state index contributed by atoms with van der Waals surface area (Å²) in [5.41, 5.74) is 0. The standard InChI is InChI=1S/C12H17N3O2/c13-9-11-1-2-12(17-11)10-15-5-3-14(4-6-15)7-8-16/h1-2,16H,3-8,10H2.